The van der Waals surface area contributed by atoms with Crippen molar-refractivity contribution >= 4 is 5.78 Å². The average Bonchev–Trinajstić information content (AvgIpc) is 2.23. The summed E-state index contributed by atoms with van der Waals surface area (Å²) < 4.78 is 4.80. The molecule has 0 saturated carbocycles. The van der Waals surface area contributed by atoms with Crippen molar-refractivity contribution in [3.05, 3.63) is 27.8 Å². The topological polar surface area (TPSA) is 67.5 Å². The van der Waals surface area contributed by atoms with Crippen LogP contribution in [0.25, 0.3) is 0 Å². The second-order valence-corrected chi connectivity index (χ2v) is 4.14. The summed E-state index contributed by atoms with van der Waals surface area (Å²) >= 11 is 0. The van der Waals surface area contributed by atoms with Gasteiger partial charge >= 0.3 is 5.63 Å². The molecule has 0 fully saturated rings. The molecule has 1 aromatic rings. The molecule has 0 unspecified atom stereocenters. The highest BCUT2D eigenvalue weighted by molar-refractivity contribution is 5.97. The summed E-state index contributed by atoms with van der Waals surface area (Å²) in [5.41, 5.74) is -0.963. The van der Waals surface area contributed by atoms with Crippen LogP contribution in [0, 0.1) is 6.92 Å². The monoisotopic (exact) mass is 238 g/mol. The molecule has 4 heteroatoms. The molecule has 0 aliphatic carbocycles. The lowest BCUT2D eigenvalue weighted by atomic mass is 10.0. The number of hydrogen-bond donors (Lipinski definition) is 1. The molecule has 94 valence electrons. The van der Waals surface area contributed by atoms with E-state index >= 15 is 0 Å². The maximum atomic E-state index is 11.7. The lowest BCUT2D eigenvalue weighted by molar-refractivity contribution is 0.0972. The Morgan fingerprint density at radius 3 is 2.65 bits per heavy atom. The zero-order valence-electron chi connectivity index (χ0n) is 10.3. The van der Waals surface area contributed by atoms with E-state index in [4.69, 9.17) is 4.42 Å². The third-order valence-electron chi connectivity index (χ3n) is 2.59. The minimum atomic E-state index is -0.747. The molecule has 1 aromatic heterocycles. The molecule has 0 aliphatic rings. The van der Waals surface area contributed by atoms with E-state index in [1.54, 1.807) is 6.92 Å². The zero-order chi connectivity index (χ0) is 12.8. The van der Waals surface area contributed by atoms with Gasteiger partial charge in [0.05, 0.1) is 0 Å². The molecule has 0 bridgehead atoms. The van der Waals surface area contributed by atoms with E-state index in [1.165, 1.54) is 6.07 Å². The van der Waals surface area contributed by atoms with E-state index in [0.29, 0.717) is 5.76 Å². The van der Waals surface area contributed by atoms with Gasteiger partial charge in [-0.2, -0.15) is 0 Å². The quantitative estimate of drug-likeness (QED) is 0.611. The molecule has 17 heavy (non-hydrogen) atoms. The molecule has 0 radical (unpaired) electrons. The number of carbonyl (C=O) groups is 1. The van der Waals surface area contributed by atoms with Crippen LogP contribution in [-0.4, -0.2) is 10.9 Å². The van der Waals surface area contributed by atoms with Gasteiger partial charge in [-0.15, -0.1) is 0 Å². The Hall–Kier alpha value is -1.58. The third kappa shape index (κ3) is 3.73. The molecular weight excluding hydrogens is 220 g/mol. The molecule has 0 atom stereocenters. The number of aryl methyl sites for hydroxylation is 1. The van der Waals surface area contributed by atoms with Crippen molar-refractivity contribution in [1.82, 2.24) is 0 Å². The van der Waals surface area contributed by atoms with Gasteiger partial charge in [0.15, 0.2) is 5.78 Å². The van der Waals surface area contributed by atoms with Crippen LogP contribution in [0.4, 0.5) is 0 Å². The molecule has 4 nitrogen and oxygen atoms in total. The first-order chi connectivity index (χ1) is 8.06. The number of rotatable bonds is 6. The molecule has 0 amide bonds. The largest absolute Gasteiger partial charge is 0.507 e. The van der Waals surface area contributed by atoms with Crippen LogP contribution < -0.4 is 5.63 Å². The molecule has 1 rings (SSSR count). The number of Topliss-reactive ketones (excluding diaryl/α,β-unsaturated/α-hetero) is 1. The molecule has 0 saturated heterocycles. The standard InChI is InChI=1S/C13H18O4/c1-3-4-5-6-7-10(14)12-11(15)8-9(2)17-13(12)16/h8,15H,3-7H2,1-2H3. The fourth-order valence-corrected chi connectivity index (χ4v) is 1.69. The zero-order valence-corrected chi connectivity index (χ0v) is 10.3. The summed E-state index contributed by atoms with van der Waals surface area (Å²) in [6.07, 6.45) is 4.13. The molecule has 0 aromatic carbocycles. The third-order valence-corrected chi connectivity index (χ3v) is 2.59. The predicted octanol–water partition coefficient (Wildman–Crippen LogP) is 2.81. The van der Waals surface area contributed by atoms with E-state index < -0.39 is 5.63 Å². The van der Waals surface area contributed by atoms with Crippen LogP contribution in [0.2, 0.25) is 0 Å². The highest BCUT2D eigenvalue weighted by atomic mass is 16.4. The van der Waals surface area contributed by atoms with Gasteiger partial charge in [-0.25, -0.2) is 4.79 Å². The number of aromatic hydroxyl groups is 1. The van der Waals surface area contributed by atoms with E-state index in [9.17, 15) is 14.7 Å². The summed E-state index contributed by atoms with van der Waals surface area (Å²) in [5, 5.41) is 9.56. The van der Waals surface area contributed by atoms with Crippen LogP contribution in [0.15, 0.2) is 15.3 Å². The lowest BCUT2D eigenvalue weighted by Crippen LogP contribution is -2.14. The van der Waals surface area contributed by atoms with Crippen LogP contribution in [0.3, 0.4) is 0 Å². The lowest BCUT2D eigenvalue weighted by Gasteiger charge is -2.03. The fraction of sp³-hybridized carbons (Fsp3) is 0.538. The van der Waals surface area contributed by atoms with Crippen molar-refractivity contribution < 1.29 is 14.3 Å². The molecule has 1 heterocycles. The van der Waals surface area contributed by atoms with Crippen molar-refractivity contribution in [3.8, 4) is 5.75 Å². The van der Waals surface area contributed by atoms with Gasteiger partial charge < -0.3 is 9.52 Å². The van der Waals surface area contributed by atoms with E-state index in [0.717, 1.165) is 25.7 Å². The summed E-state index contributed by atoms with van der Waals surface area (Å²) in [7, 11) is 0. The number of unbranched alkanes of at least 4 members (excludes halogenated alkanes) is 3. The molecule has 1 N–H and O–H groups in total. The van der Waals surface area contributed by atoms with Gasteiger partial charge in [0.25, 0.3) is 0 Å². The molecule has 0 aliphatic heterocycles. The summed E-state index contributed by atoms with van der Waals surface area (Å²) in [5.74, 6) is -0.318. The fourth-order valence-electron chi connectivity index (χ4n) is 1.69. The highest BCUT2D eigenvalue weighted by Crippen LogP contribution is 2.17. The summed E-state index contributed by atoms with van der Waals surface area (Å²) in [4.78, 5) is 23.2. The summed E-state index contributed by atoms with van der Waals surface area (Å²) in [6.45, 7) is 3.64. The highest BCUT2D eigenvalue weighted by Gasteiger charge is 2.17. The van der Waals surface area contributed by atoms with Crippen LogP contribution in [-0.2, 0) is 0 Å². The second-order valence-electron chi connectivity index (χ2n) is 4.14. The van der Waals surface area contributed by atoms with Gasteiger partial charge in [0.2, 0.25) is 0 Å². The molecular formula is C13H18O4. The van der Waals surface area contributed by atoms with Crippen LogP contribution in [0.5, 0.6) is 5.75 Å². The first kappa shape index (κ1) is 13.5. The number of carbonyl (C=O) groups excluding carboxylic acids is 1. The van der Waals surface area contributed by atoms with Crippen molar-refractivity contribution in [2.75, 3.05) is 0 Å². The number of ketones is 1. The van der Waals surface area contributed by atoms with Gasteiger partial charge in [-0.05, 0) is 13.3 Å². The Balaban J connectivity index is 2.73. The Morgan fingerprint density at radius 1 is 1.35 bits per heavy atom. The molecule has 0 spiro atoms. The van der Waals surface area contributed by atoms with E-state index in [2.05, 4.69) is 6.92 Å². The Labute approximate surface area is 100 Å². The van der Waals surface area contributed by atoms with E-state index in [-0.39, 0.29) is 23.5 Å². The van der Waals surface area contributed by atoms with Crippen molar-refractivity contribution in [2.45, 2.75) is 46.0 Å². The normalized spacial score (nSPS) is 10.5. The van der Waals surface area contributed by atoms with Crippen LogP contribution in [0.1, 0.15) is 55.1 Å². The predicted molar refractivity (Wildman–Crippen MR) is 64.5 cm³/mol. The maximum Gasteiger partial charge on any atom is 0.350 e. The van der Waals surface area contributed by atoms with Crippen LogP contribution >= 0.6 is 0 Å². The summed E-state index contributed by atoms with van der Waals surface area (Å²) in [6, 6.07) is 1.29. The average molecular weight is 238 g/mol. The van der Waals surface area contributed by atoms with Gasteiger partial charge in [-0.3, -0.25) is 4.79 Å². The Morgan fingerprint density at radius 2 is 2.06 bits per heavy atom. The second kappa shape index (κ2) is 6.23. The van der Waals surface area contributed by atoms with Gasteiger partial charge in [0, 0.05) is 12.5 Å². The SMILES string of the molecule is CCCCCCC(=O)c1c(O)cc(C)oc1=O. The smallest absolute Gasteiger partial charge is 0.350 e. The Kier molecular flexibility index (Phi) is 4.94. The first-order valence-corrected chi connectivity index (χ1v) is 5.93. The van der Waals surface area contributed by atoms with Crippen molar-refractivity contribution in [3.63, 3.8) is 0 Å². The minimum absolute atomic E-state index is 0.216. The maximum absolute atomic E-state index is 11.7. The van der Waals surface area contributed by atoms with E-state index in [1.807, 2.05) is 0 Å². The van der Waals surface area contributed by atoms with Crippen molar-refractivity contribution in [1.29, 1.82) is 0 Å². The van der Waals surface area contributed by atoms with Crippen molar-refractivity contribution in [2.24, 2.45) is 0 Å². The minimum Gasteiger partial charge on any atom is -0.507 e. The first-order valence-electron chi connectivity index (χ1n) is 5.93. The van der Waals surface area contributed by atoms with Gasteiger partial charge in [0.1, 0.15) is 17.1 Å². The Bertz CT molecular complexity index is 445. The van der Waals surface area contributed by atoms with Gasteiger partial charge in [-0.1, -0.05) is 26.2 Å². The number of hydrogen-bond acceptors (Lipinski definition) is 4.